The maximum Gasteiger partial charge on any atom is 0.175 e. The van der Waals surface area contributed by atoms with E-state index in [0.29, 0.717) is 35.0 Å². The maximum absolute atomic E-state index is 6.28. The number of allylic oxidation sites excluding steroid dienone is 2. The van der Waals surface area contributed by atoms with Crippen LogP contribution < -0.4 is 14.8 Å². The van der Waals surface area contributed by atoms with Gasteiger partial charge in [0.15, 0.2) is 11.5 Å². The average Bonchev–Trinajstić information content (AvgIpc) is 3.46. The van der Waals surface area contributed by atoms with Gasteiger partial charge >= 0.3 is 0 Å². The van der Waals surface area contributed by atoms with Gasteiger partial charge in [0, 0.05) is 28.4 Å². The lowest BCUT2D eigenvalue weighted by Crippen LogP contribution is -2.28. The van der Waals surface area contributed by atoms with Gasteiger partial charge in [-0.15, -0.1) is 0 Å². The third kappa shape index (κ3) is 5.34. The first-order valence-corrected chi connectivity index (χ1v) is 14.2. The Labute approximate surface area is 242 Å². The molecule has 0 fully saturated rings. The Morgan fingerprint density at radius 2 is 1.82 bits per heavy atom. The Balaban J connectivity index is 1.17. The summed E-state index contributed by atoms with van der Waals surface area (Å²) in [4.78, 5) is 4.72. The van der Waals surface area contributed by atoms with E-state index in [2.05, 4.69) is 81.9 Å². The fourth-order valence-electron chi connectivity index (χ4n) is 5.51. The SMILES string of the molecule is COc1cc(C=Nc2ccc([C@@H]3Nc4ccccc4[C@@H]4C=CC[C@H]43)cc2)cc(Br)c1OCc1ccccc1Cl. The molecule has 0 aromatic heterocycles. The molecule has 4 nitrogen and oxygen atoms in total. The van der Waals surface area contributed by atoms with Gasteiger partial charge in [-0.2, -0.15) is 0 Å². The van der Waals surface area contributed by atoms with E-state index in [9.17, 15) is 0 Å². The summed E-state index contributed by atoms with van der Waals surface area (Å²) < 4.78 is 12.5. The summed E-state index contributed by atoms with van der Waals surface area (Å²) in [6, 6.07) is 29.0. The van der Waals surface area contributed by atoms with Crippen molar-refractivity contribution in [1.82, 2.24) is 0 Å². The van der Waals surface area contributed by atoms with Crippen LogP contribution in [0.5, 0.6) is 11.5 Å². The van der Waals surface area contributed by atoms with Gasteiger partial charge in [0.2, 0.25) is 0 Å². The molecule has 1 heterocycles. The van der Waals surface area contributed by atoms with Crippen molar-refractivity contribution in [3.8, 4) is 11.5 Å². The largest absolute Gasteiger partial charge is 0.493 e. The molecule has 6 heteroatoms. The number of anilines is 1. The third-order valence-electron chi connectivity index (χ3n) is 7.47. The van der Waals surface area contributed by atoms with Gasteiger partial charge in [-0.3, -0.25) is 4.99 Å². The number of hydrogen-bond donors (Lipinski definition) is 1. The number of para-hydroxylation sites is 1. The van der Waals surface area contributed by atoms with Crippen LogP contribution >= 0.6 is 27.5 Å². The van der Waals surface area contributed by atoms with Crippen molar-refractivity contribution in [1.29, 1.82) is 0 Å². The highest BCUT2D eigenvalue weighted by Crippen LogP contribution is 2.49. The molecule has 1 N–H and O–H groups in total. The second-order valence-electron chi connectivity index (χ2n) is 9.83. The van der Waals surface area contributed by atoms with Gasteiger partial charge in [0.1, 0.15) is 6.61 Å². The number of halogens is 2. The molecule has 2 aliphatic rings. The van der Waals surface area contributed by atoms with Crippen LogP contribution in [0.1, 0.15) is 40.6 Å². The molecule has 4 aromatic carbocycles. The number of rotatable bonds is 7. The molecule has 0 radical (unpaired) electrons. The van der Waals surface area contributed by atoms with E-state index in [1.807, 2.05) is 42.6 Å². The highest BCUT2D eigenvalue weighted by atomic mass is 79.9. The number of fused-ring (bicyclic) bond motifs is 3. The first kappa shape index (κ1) is 25.7. The lowest BCUT2D eigenvalue weighted by molar-refractivity contribution is 0.282. The van der Waals surface area contributed by atoms with E-state index in [1.165, 1.54) is 16.8 Å². The van der Waals surface area contributed by atoms with Crippen LogP contribution in [0.3, 0.4) is 0 Å². The van der Waals surface area contributed by atoms with Crippen molar-refractivity contribution in [2.45, 2.75) is 25.0 Å². The van der Waals surface area contributed by atoms with Crippen LogP contribution in [0.4, 0.5) is 11.4 Å². The van der Waals surface area contributed by atoms with Gasteiger partial charge in [-0.25, -0.2) is 0 Å². The molecule has 4 aromatic rings. The minimum Gasteiger partial charge on any atom is -0.493 e. The molecule has 0 saturated heterocycles. The van der Waals surface area contributed by atoms with Crippen molar-refractivity contribution in [2.24, 2.45) is 10.9 Å². The Morgan fingerprint density at radius 1 is 1.03 bits per heavy atom. The van der Waals surface area contributed by atoms with Crippen LogP contribution in [0.2, 0.25) is 5.02 Å². The average molecular weight is 600 g/mol. The molecular formula is C33H28BrClN2O2. The summed E-state index contributed by atoms with van der Waals surface area (Å²) in [5, 5.41) is 4.47. The number of aliphatic imine (C=N–C) groups is 1. The number of nitrogens with zero attached hydrogens (tertiary/aromatic N) is 1. The predicted octanol–water partition coefficient (Wildman–Crippen LogP) is 9.27. The second-order valence-corrected chi connectivity index (χ2v) is 11.1. The molecule has 39 heavy (non-hydrogen) atoms. The number of ether oxygens (including phenoxy) is 2. The molecule has 0 spiro atoms. The first-order valence-electron chi connectivity index (χ1n) is 13.0. The maximum atomic E-state index is 6.28. The first-order chi connectivity index (χ1) is 19.1. The van der Waals surface area contributed by atoms with Gasteiger partial charge in [0.05, 0.1) is 23.3 Å². The monoisotopic (exact) mass is 598 g/mol. The van der Waals surface area contributed by atoms with Crippen LogP contribution in [0, 0.1) is 5.92 Å². The Kier molecular flexibility index (Phi) is 7.45. The van der Waals surface area contributed by atoms with Crippen LogP contribution in [-0.4, -0.2) is 13.3 Å². The summed E-state index contributed by atoms with van der Waals surface area (Å²) in [6.45, 7) is 0.341. The lowest BCUT2D eigenvalue weighted by atomic mass is 9.77. The third-order valence-corrected chi connectivity index (χ3v) is 8.43. The molecule has 6 rings (SSSR count). The molecule has 0 bridgehead atoms. The summed E-state index contributed by atoms with van der Waals surface area (Å²) in [5.74, 6) is 2.24. The number of hydrogen-bond acceptors (Lipinski definition) is 4. The van der Waals surface area contributed by atoms with E-state index in [1.54, 1.807) is 7.11 Å². The van der Waals surface area contributed by atoms with E-state index in [4.69, 9.17) is 26.1 Å². The Hall–Kier alpha value is -3.54. The van der Waals surface area contributed by atoms with Crippen molar-refractivity contribution in [3.05, 3.63) is 129 Å². The second kappa shape index (κ2) is 11.3. The topological polar surface area (TPSA) is 42.8 Å². The molecule has 3 atom stereocenters. The van der Waals surface area contributed by atoms with Crippen molar-refractivity contribution in [2.75, 3.05) is 12.4 Å². The van der Waals surface area contributed by atoms with Crippen molar-refractivity contribution in [3.63, 3.8) is 0 Å². The number of benzene rings is 4. The van der Waals surface area contributed by atoms with Crippen LogP contribution in [0.15, 0.2) is 107 Å². The van der Waals surface area contributed by atoms with Crippen LogP contribution in [0.25, 0.3) is 0 Å². The van der Waals surface area contributed by atoms with E-state index < -0.39 is 0 Å². The van der Waals surface area contributed by atoms with E-state index in [0.717, 1.165) is 27.7 Å². The van der Waals surface area contributed by atoms with Crippen molar-refractivity contribution < 1.29 is 9.47 Å². The molecule has 0 unspecified atom stereocenters. The van der Waals surface area contributed by atoms with E-state index >= 15 is 0 Å². The summed E-state index contributed by atoms with van der Waals surface area (Å²) >= 11 is 9.91. The van der Waals surface area contributed by atoms with Crippen molar-refractivity contribution >= 4 is 45.1 Å². The normalized spacial score (nSPS) is 19.4. The Bertz CT molecular complexity index is 1550. The molecular weight excluding hydrogens is 572 g/mol. The molecule has 196 valence electrons. The molecule has 1 aliphatic heterocycles. The van der Waals surface area contributed by atoms with E-state index in [-0.39, 0.29) is 6.04 Å². The Morgan fingerprint density at radius 3 is 2.64 bits per heavy atom. The highest BCUT2D eigenvalue weighted by Gasteiger charge is 2.37. The summed E-state index contributed by atoms with van der Waals surface area (Å²) in [6.07, 6.45) is 7.62. The van der Waals surface area contributed by atoms with Crippen LogP contribution in [-0.2, 0) is 6.61 Å². The quantitative estimate of drug-likeness (QED) is 0.170. The van der Waals surface area contributed by atoms with Gasteiger partial charge in [-0.05, 0) is 81.4 Å². The van der Waals surface area contributed by atoms with Gasteiger partial charge < -0.3 is 14.8 Å². The minimum atomic E-state index is 0.274. The summed E-state index contributed by atoms with van der Waals surface area (Å²) in [7, 11) is 1.63. The molecule has 0 saturated carbocycles. The zero-order valence-corrected chi connectivity index (χ0v) is 23.8. The molecule has 1 aliphatic carbocycles. The fraction of sp³-hybridized carbons (Fsp3) is 0.182. The smallest absolute Gasteiger partial charge is 0.175 e. The predicted molar refractivity (Wildman–Crippen MR) is 163 cm³/mol. The lowest BCUT2D eigenvalue weighted by Gasteiger charge is -2.37. The summed E-state index contributed by atoms with van der Waals surface area (Å²) in [5.41, 5.74) is 6.62. The molecule has 0 amide bonds. The number of methoxy groups -OCH3 is 1. The van der Waals surface area contributed by atoms with Gasteiger partial charge in [-0.1, -0.05) is 72.3 Å². The fourth-order valence-corrected chi connectivity index (χ4v) is 6.27. The zero-order chi connectivity index (χ0) is 26.8. The zero-order valence-electron chi connectivity index (χ0n) is 21.5. The standard InChI is InChI=1S/C33H28BrClN2O2/c1-38-31-18-21(17-28(34)33(31)39-20-23-7-2-4-11-29(23)35)19-36-24-15-13-22(14-16-24)32-27-10-6-9-25(27)26-8-3-5-12-30(26)37-32/h2-9,11-19,25,27,32,37H,10,20H2,1H3/t25-,27+,32-/m0/s1. The van der Waals surface area contributed by atoms with Gasteiger partial charge in [0.25, 0.3) is 0 Å². The number of nitrogens with one attached hydrogen (secondary N) is 1. The minimum absolute atomic E-state index is 0.274. The highest BCUT2D eigenvalue weighted by molar-refractivity contribution is 9.10.